The number of hydrogen-bond donors (Lipinski definition) is 1. The van der Waals surface area contributed by atoms with Crippen LogP contribution in [0.4, 0.5) is 5.69 Å². The zero-order valence-electron chi connectivity index (χ0n) is 10.0. The molecule has 0 amide bonds. The van der Waals surface area contributed by atoms with Crippen LogP contribution < -0.4 is 10.5 Å². The van der Waals surface area contributed by atoms with E-state index in [1.54, 1.807) is 7.11 Å². The molecule has 3 heteroatoms. The van der Waals surface area contributed by atoms with E-state index in [0.29, 0.717) is 18.9 Å². The molecule has 0 saturated heterocycles. The number of aryl methyl sites for hydroxylation is 1. The van der Waals surface area contributed by atoms with Crippen LogP contribution in [0.5, 0.6) is 5.75 Å². The monoisotopic (exact) mass is 211 g/mol. The minimum absolute atomic E-state index is 0.532. The van der Waals surface area contributed by atoms with Gasteiger partial charge in [0.1, 0.15) is 12.4 Å². The van der Waals surface area contributed by atoms with Gasteiger partial charge >= 0.3 is 0 Å². The second-order valence-corrected chi connectivity index (χ2v) is 2.88. The van der Waals surface area contributed by atoms with Crippen molar-refractivity contribution in [2.75, 3.05) is 26.1 Å². The quantitative estimate of drug-likeness (QED) is 0.615. The molecule has 1 rings (SSSR count). The zero-order valence-corrected chi connectivity index (χ0v) is 10.0. The Labute approximate surface area is 92.2 Å². The van der Waals surface area contributed by atoms with Crippen molar-refractivity contribution >= 4 is 5.69 Å². The Bertz CT molecular complexity index is 274. The highest BCUT2D eigenvalue weighted by Gasteiger charge is 1.98. The van der Waals surface area contributed by atoms with Gasteiger partial charge in [-0.05, 0) is 24.6 Å². The number of hydrogen-bond acceptors (Lipinski definition) is 3. The van der Waals surface area contributed by atoms with Crippen molar-refractivity contribution in [3.63, 3.8) is 0 Å². The maximum Gasteiger partial charge on any atom is 0.142 e. The van der Waals surface area contributed by atoms with E-state index in [0.717, 1.165) is 11.3 Å². The van der Waals surface area contributed by atoms with E-state index in [9.17, 15) is 0 Å². The minimum Gasteiger partial charge on any atom is -0.489 e. The summed E-state index contributed by atoms with van der Waals surface area (Å²) < 4.78 is 10.2. The van der Waals surface area contributed by atoms with Crippen LogP contribution in [0, 0.1) is 6.92 Å². The van der Waals surface area contributed by atoms with E-state index in [1.165, 1.54) is 0 Å². The molecule has 0 heterocycles. The first-order valence-electron chi connectivity index (χ1n) is 5.22. The van der Waals surface area contributed by atoms with Gasteiger partial charge in [-0.25, -0.2) is 0 Å². The molecule has 1 aromatic carbocycles. The second-order valence-electron chi connectivity index (χ2n) is 2.88. The van der Waals surface area contributed by atoms with E-state index in [4.69, 9.17) is 15.2 Å². The number of ether oxygens (including phenoxy) is 2. The fraction of sp³-hybridized carbons (Fsp3) is 0.500. The first-order chi connectivity index (χ1) is 7.24. The van der Waals surface area contributed by atoms with Gasteiger partial charge in [0.15, 0.2) is 0 Å². The number of nitrogen functional groups attached to an aromatic ring is 1. The van der Waals surface area contributed by atoms with E-state index in [2.05, 4.69) is 0 Å². The molecule has 0 aliphatic carbocycles. The lowest BCUT2D eigenvalue weighted by molar-refractivity contribution is 0.146. The van der Waals surface area contributed by atoms with Crippen molar-refractivity contribution < 1.29 is 9.47 Å². The van der Waals surface area contributed by atoms with Crippen molar-refractivity contribution in [3.8, 4) is 5.75 Å². The van der Waals surface area contributed by atoms with Gasteiger partial charge in [0.25, 0.3) is 0 Å². The summed E-state index contributed by atoms with van der Waals surface area (Å²) in [5.74, 6) is 0.725. The Morgan fingerprint density at radius 3 is 2.40 bits per heavy atom. The first-order valence-corrected chi connectivity index (χ1v) is 5.22. The molecule has 1 aromatic rings. The summed E-state index contributed by atoms with van der Waals surface area (Å²) in [4.78, 5) is 0. The molecule has 0 aromatic heterocycles. The molecule has 0 unspecified atom stereocenters. The van der Waals surface area contributed by atoms with E-state index >= 15 is 0 Å². The van der Waals surface area contributed by atoms with E-state index in [-0.39, 0.29) is 0 Å². The number of nitrogens with two attached hydrogens (primary N) is 1. The Hall–Kier alpha value is -1.22. The fourth-order valence-electron chi connectivity index (χ4n) is 1.03. The SMILES string of the molecule is CC.COCCOc1ccc(C)cc1N. The third kappa shape index (κ3) is 5.27. The molecule has 2 N–H and O–H groups in total. The summed E-state index contributed by atoms with van der Waals surface area (Å²) >= 11 is 0. The predicted molar refractivity (Wildman–Crippen MR) is 64.3 cm³/mol. The van der Waals surface area contributed by atoms with E-state index in [1.807, 2.05) is 39.0 Å². The Morgan fingerprint density at radius 2 is 1.87 bits per heavy atom. The lowest BCUT2D eigenvalue weighted by Crippen LogP contribution is -2.05. The number of anilines is 1. The van der Waals surface area contributed by atoms with Crippen molar-refractivity contribution in [2.45, 2.75) is 20.8 Å². The largest absolute Gasteiger partial charge is 0.489 e. The number of methoxy groups -OCH3 is 1. The lowest BCUT2D eigenvalue weighted by Gasteiger charge is -2.08. The standard InChI is InChI=1S/C10H15NO2.C2H6/c1-8-3-4-10(9(11)7-8)13-6-5-12-2;1-2/h3-4,7H,5-6,11H2,1-2H3;1-2H3. The van der Waals surface area contributed by atoms with Crippen LogP contribution in [0.2, 0.25) is 0 Å². The van der Waals surface area contributed by atoms with Gasteiger partial charge in [-0.1, -0.05) is 19.9 Å². The molecule has 0 bridgehead atoms. The van der Waals surface area contributed by atoms with E-state index < -0.39 is 0 Å². The van der Waals surface area contributed by atoms with Gasteiger partial charge in [0.05, 0.1) is 12.3 Å². The van der Waals surface area contributed by atoms with Crippen molar-refractivity contribution in [1.82, 2.24) is 0 Å². The minimum atomic E-state index is 0.532. The molecular weight excluding hydrogens is 190 g/mol. The topological polar surface area (TPSA) is 44.5 Å². The first kappa shape index (κ1) is 13.8. The number of benzene rings is 1. The van der Waals surface area contributed by atoms with Gasteiger partial charge in [-0.15, -0.1) is 0 Å². The van der Waals surface area contributed by atoms with Crippen LogP contribution in [-0.4, -0.2) is 20.3 Å². The highest BCUT2D eigenvalue weighted by Crippen LogP contribution is 2.21. The smallest absolute Gasteiger partial charge is 0.142 e. The molecule has 0 spiro atoms. The highest BCUT2D eigenvalue weighted by molar-refractivity contribution is 5.53. The average Bonchev–Trinajstić information content (AvgIpc) is 2.24. The zero-order chi connectivity index (χ0) is 11.7. The Balaban J connectivity index is 0.000000921. The fourth-order valence-corrected chi connectivity index (χ4v) is 1.03. The third-order valence-corrected chi connectivity index (χ3v) is 1.71. The van der Waals surface area contributed by atoms with Gasteiger partial charge in [0.2, 0.25) is 0 Å². The van der Waals surface area contributed by atoms with Crippen LogP contribution in [0.15, 0.2) is 18.2 Å². The van der Waals surface area contributed by atoms with Crippen LogP contribution in [0.25, 0.3) is 0 Å². The number of rotatable bonds is 4. The molecule has 0 aliphatic rings. The predicted octanol–water partition coefficient (Wildman–Crippen LogP) is 2.63. The molecule has 3 nitrogen and oxygen atoms in total. The van der Waals surface area contributed by atoms with Crippen molar-refractivity contribution in [3.05, 3.63) is 23.8 Å². The summed E-state index contributed by atoms with van der Waals surface area (Å²) in [5, 5.41) is 0. The average molecular weight is 211 g/mol. The summed E-state index contributed by atoms with van der Waals surface area (Å²) in [6.07, 6.45) is 0. The normalized spacial score (nSPS) is 9.07. The summed E-state index contributed by atoms with van der Waals surface area (Å²) in [5.41, 5.74) is 7.55. The maximum absolute atomic E-state index is 5.74. The molecule has 0 fully saturated rings. The molecule has 0 atom stereocenters. The van der Waals surface area contributed by atoms with Crippen LogP contribution in [0.1, 0.15) is 19.4 Å². The van der Waals surface area contributed by atoms with Gasteiger partial charge in [-0.2, -0.15) is 0 Å². The molecule has 86 valence electrons. The third-order valence-electron chi connectivity index (χ3n) is 1.71. The Morgan fingerprint density at radius 1 is 1.20 bits per heavy atom. The highest BCUT2D eigenvalue weighted by atomic mass is 16.5. The Kier molecular flexibility index (Phi) is 7.46. The van der Waals surface area contributed by atoms with Crippen LogP contribution in [0.3, 0.4) is 0 Å². The summed E-state index contributed by atoms with van der Waals surface area (Å²) in [6, 6.07) is 5.74. The molecule has 0 radical (unpaired) electrons. The maximum atomic E-state index is 5.74. The summed E-state index contributed by atoms with van der Waals surface area (Å²) in [6.45, 7) is 7.10. The second kappa shape index (κ2) is 8.12. The lowest BCUT2D eigenvalue weighted by atomic mass is 10.2. The van der Waals surface area contributed by atoms with Gasteiger partial charge < -0.3 is 15.2 Å². The van der Waals surface area contributed by atoms with Crippen LogP contribution >= 0.6 is 0 Å². The van der Waals surface area contributed by atoms with Crippen LogP contribution in [-0.2, 0) is 4.74 Å². The van der Waals surface area contributed by atoms with Gasteiger partial charge in [-0.3, -0.25) is 0 Å². The molecule has 0 saturated carbocycles. The van der Waals surface area contributed by atoms with Gasteiger partial charge in [0, 0.05) is 7.11 Å². The molecule has 0 aliphatic heterocycles. The van der Waals surface area contributed by atoms with Crippen molar-refractivity contribution in [1.29, 1.82) is 0 Å². The molecule has 15 heavy (non-hydrogen) atoms. The van der Waals surface area contributed by atoms with Crippen molar-refractivity contribution in [2.24, 2.45) is 0 Å². The summed E-state index contributed by atoms with van der Waals surface area (Å²) in [7, 11) is 1.64. The molecular formula is C12H21NO2.